The number of aryl methyl sites for hydroxylation is 1. The average Bonchev–Trinajstić information content (AvgIpc) is 3.85. The largest absolute Gasteiger partial charge is 0.508 e. The van der Waals surface area contributed by atoms with E-state index in [9.17, 15) is 19.5 Å². The zero-order valence-electron chi connectivity index (χ0n) is 32.2. The van der Waals surface area contributed by atoms with Gasteiger partial charge in [-0.15, -0.1) is 0 Å². The lowest BCUT2D eigenvalue weighted by Gasteiger charge is -2.40. The van der Waals surface area contributed by atoms with Crippen molar-refractivity contribution >= 4 is 29.1 Å². The summed E-state index contributed by atoms with van der Waals surface area (Å²) in [6.45, 7) is 7.16. The van der Waals surface area contributed by atoms with Crippen molar-refractivity contribution in [3.8, 4) is 17.2 Å². The molecule has 0 radical (unpaired) electrons. The van der Waals surface area contributed by atoms with E-state index >= 15 is 0 Å². The summed E-state index contributed by atoms with van der Waals surface area (Å²) in [4.78, 5) is 47.0. The number of rotatable bonds is 7. The van der Waals surface area contributed by atoms with Crippen LogP contribution in [0.3, 0.4) is 0 Å². The Balaban J connectivity index is 0.756. The summed E-state index contributed by atoms with van der Waals surface area (Å²) in [5.41, 5.74) is 8.85. The zero-order valence-corrected chi connectivity index (χ0v) is 32.2. The maximum atomic E-state index is 13.6. The Hall–Kier alpha value is -5.55. The fourth-order valence-electron chi connectivity index (χ4n) is 10.4. The summed E-state index contributed by atoms with van der Waals surface area (Å²) in [5, 5.41) is 12.6. The van der Waals surface area contributed by atoms with Gasteiger partial charge in [-0.05, 0) is 102 Å². The number of imide groups is 1. The van der Waals surface area contributed by atoms with E-state index in [4.69, 9.17) is 9.47 Å². The van der Waals surface area contributed by atoms with Crippen molar-refractivity contribution in [1.82, 2.24) is 15.1 Å². The molecule has 10 rings (SSSR count). The minimum atomic E-state index is -0.671. The lowest BCUT2D eigenvalue weighted by atomic mass is 9.69. The van der Waals surface area contributed by atoms with Crippen LogP contribution >= 0.6 is 0 Å². The first kappa shape index (κ1) is 35.8. The number of hydrogen-bond acceptors (Lipinski definition) is 9. The molecule has 11 heteroatoms. The number of anilines is 2. The number of carbonyl (C=O) groups excluding carboxylic acids is 3. The zero-order chi connectivity index (χ0) is 38.6. The number of ether oxygens (including phenoxy) is 2. The van der Waals surface area contributed by atoms with Gasteiger partial charge in [-0.25, -0.2) is 0 Å². The van der Waals surface area contributed by atoms with Crippen LogP contribution in [0.25, 0.3) is 0 Å². The number of fused-ring (bicyclic) bond motifs is 4. The Morgan fingerprint density at radius 1 is 0.719 bits per heavy atom. The topological polar surface area (TPSA) is 115 Å². The Labute approximate surface area is 333 Å². The number of nitrogens with one attached hydrogen (secondary N) is 1. The summed E-state index contributed by atoms with van der Waals surface area (Å²) >= 11 is 0. The molecule has 11 nitrogen and oxygen atoms in total. The van der Waals surface area contributed by atoms with E-state index in [1.165, 1.54) is 40.8 Å². The molecule has 1 unspecified atom stereocenters. The van der Waals surface area contributed by atoms with Crippen LogP contribution in [-0.2, 0) is 22.6 Å². The molecule has 0 aromatic heterocycles. The Bertz CT molecular complexity index is 2200. The van der Waals surface area contributed by atoms with Gasteiger partial charge in [-0.3, -0.25) is 24.6 Å². The molecule has 3 saturated heterocycles. The quantitative estimate of drug-likeness (QED) is 0.226. The number of amides is 3. The van der Waals surface area contributed by atoms with Crippen LogP contribution in [0.4, 0.5) is 11.4 Å². The fourth-order valence-corrected chi connectivity index (χ4v) is 10.4. The third-order valence-electron chi connectivity index (χ3n) is 13.4. The second kappa shape index (κ2) is 14.8. The van der Waals surface area contributed by atoms with Crippen molar-refractivity contribution in [2.45, 2.75) is 62.9 Å². The molecule has 0 saturated carbocycles. The number of phenolic OH excluding ortho intramolecular Hbond substituents is 1. The first-order valence-corrected chi connectivity index (χ1v) is 20.7. The molecule has 3 amide bonds. The van der Waals surface area contributed by atoms with Gasteiger partial charge < -0.3 is 29.3 Å². The maximum Gasteiger partial charge on any atom is 0.259 e. The average molecular weight is 768 g/mol. The summed E-state index contributed by atoms with van der Waals surface area (Å²) in [5.74, 6) is 1.77. The van der Waals surface area contributed by atoms with Crippen LogP contribution in [0.1, 0.15) is 82.1 Å². The Morgan fingerprint density at radius 3 is 2.26 bits per heavy atom. The molecular weight excluding hydrogens is 719 g/mol. The predicted molar refractivity (Wildman–Crippen MR) is 216 cm³/mol. The number of hydrogen-bond donors (Lipinski definition) is 2. The normalized spacial score (nSPS) is 23.8. The molecule has 0 spiro atoms. The second-order valence-electron chi connectivity index (χ2n) is 16.6. The SMILES string of the molecule is O=C1CCC(N2Cc3cc(N4CCN(CC5CCN(c6ccc([C@@H]7c8ccc(O)cc8CC[C@@H]7c7ccccc7)cc6)CC5)CC4)c4c(c3C2=O)OCO4)C(=O)N1. The molecule has 4 aromatic carbocycles. The summed E-state index contributed by atoms with van der Waals surface area (Å²) in [7, 11) is 0. The molecule has 0 bridgehead atoms. The highest BCUT2D eigenvalue weighted by Gasteiger charge is 2.44. The number of carbonyl (C=O) groups is 3. The molecule has 2 N–H and O–H groups in total. The van der Waals surface area contributed by atoms with Crippen molar-refractivity contribution in [3.63, 3.8) is 0 Å². The molecule has 5 heterocycles. The van der Waals surface area contributed by atoms with Crippen LogP contribution in [0.5, 0.6) is 17.2 Å². The van der Waals surface area contributed by atoms with E-state index in [0.29, 0.717) is 47.6 Å². The van der Waals surface area contributed by atoms with Gasteiger partial charge in [0.05, 0.1) is 11.3 Å². The highest BCUT2D eigenvalue weighted by atomic mass is 16.7. The van der Waals surface area contributed by atoms with Crippen LogP contribution in [0.2, 0.25) is 0 Å². The minimum Gasteiger partial charge on any atom is -0.508 e. The number of nitrogens with zero attached hydrogens (tertiary/aromatic N) is 4. The van der Waals surface area contributed by atoms with Crippen molar-refractivity contribution in [2.24, 2.45) is 5.92 Å². The molecule has 1 aliphatic carbocycles. The first-order valence-electron chi connectivity index (χ1n) is 20.7. The van der Waals surface area contributed by atoms with Crippen LogP contribution in [0, 0.1) is 5.92 Å². The van der Waals surface area contributed by atoms with Crippen molar-refractivity contribution in [1.29, 1.82) is 0 Å². The highest BCUT2D eigenvalue weighted by molar-refractivity contribution is 6.07. The number of benzene rings is 4. The molecule has 3 atom stereocenters. The summed E-state index contributed by atoms with van der Waals surface area (Å²) < 4.78 is 11.8. The minimum absolute atomic E-state index is 0.0587. The second-order valence-corrected chi connectivity index (χ2v) is 16.6. The van der Waals surface area contributed by atoms with Crippen molar-refractivity contribution in [2.75, 3.05) is 62.4 Å². The molecule has 294 valence electrons. The number of aromatic hydroxyl groups is 1. The van der Waals surface area contributed by atoms with Crippen molar-refractivity contribution < 1.29 is 29.0 Å². The van der Waals surface area contributed by atoms with Crippen LogP contribution in [0.15, 0.2) is 78.9 Å². The van der Waals surface area contributed by atoms with Gasteiger partial charge >= 0.3 is 0 Å². The Morgan fingerprint density at radius 2 is 1.49 bits per heavy atom. The summed E-state index contributed by atoms with van der Waals surface area (Å²) in [6, 6.07) is 27.5. The van der Waals surface area contributed by atoms with Gasteiger partial charge in [0.2, 0.25) is 18.6 Å². The van der Waals surface area contributed by atoms with Gasteiger partial charge in [-0.1, -0.05) is 48.5 Å². The van der Waals surface area contributed by atoms with Crippen molar-refractivity contribution in [3.05, 3.63) is 112 Å². The molecule has 4 aromatic rings. The number of piperidine rings is 2. The van der Waals surface area contributed by atoms with Gasteiger partial charge in [0.25, 0.3) is 5.91 Å². The van der Waals surface area contributed by atoms with E-state index in [0.717, 1.165) is 69.9 Å². The van der Waals surface area contributed by atoms with Gasteiger partial charge in [0.1, 0.15) is 11.8 Å². The van der Waals surface area contributed by atoms with E-state index < -0.39 is 11.9 Å². The van der Waals surface area contributed by atoms with Crippen LogP contribution in [-0.4, -0.2) is 91.3 Å². The smallest absolute Gasteiger partial charge is 0.259 e. The standard InChI is InChI=1S/C46H49N5O6/c52-35-11-13-37-32(24-35)8-12-36(30-4-2-1-3-5-30)41(37)31-6-9-34(10-7-31)49-18-16-29(17-19-49)26-48-20-22-50(23-21-48)39-25-33-27-51(38-14-15-40(53)47-45(38)54)46(55)42(33)44-43(39)56-28-57-44/h1-7,9-11,13,24-25,29,36,38,41,52H,8,12,14-23,26-28H2,(H,47,53,54)/t36-,38?,41+/m1/s1. The molecule has 3 fully saturated rings. The Kier molecular flexibility index (Phi) is 9.27. The summed E-state index contributed by atoms with van der Waals surface area (Å²) in [6.07, 6.45) is 4.91. The number of phenols is 1. The van der Waals surface area contributed by atoms with Gasteiger partial charge in [0, 0.05) is 70.4 Å². The van der Waals surface area contributed by atoms with E-state index in [1.807, 2.05) is 18.2 Å². The lowest BCUT2D eigenvalue weighted by molar-refractivity contribution is -0.136. The van der Waals surface area contributed by atoms with E-state index in [2.05, 4.69) is 80.7 Å². The van der Waals surface area contributed by atoms with Crippen LogP contribution < -0.4 is 24.6 Å². The molecule has 57 heavy (non-hydrogen) atoms. The lowest BCUT2D eigenvalue weighted by Crippen LogP contribution is -2.52. The number of piperazine rings is 1. The monoisotopic (exact) mass is 767 g/mol. The molecular formula is C46H49N5O6. The third-order valence-corrected chi connectivity index (χ3v) is 13.4. The maximum absolute atomic E-state index is 13.6. The van der Waals surface area contributed by atoms with Gasteiger partial charge in [0.15, 0.2) is 11.5 Å². The highest BCUT2D eigenvalue weighted by Crippen LogP contribution is 2.50. The molecule has 5 aliphatic heterocycles. The third kappa shape index (κ3) is 6.65. The van der Waals surface area contributed by atoms with E-state index in [1.54, 1.807) is 4.90 Å². The first-order chi connectivity index (χ1) is 27.9. The van der Waals surface area contributed by atoms with E-state index in [-0.39, 0.29) is 30.9 Å². The fraction of sp³-hybridized carbons (Fsp3) is 0.413. The predicted octanol–water partition coefficient (Wildman–Crippen LogP) is 5.78. The van der Waals surface area contributed by atoms with Gasteiger partial charge in [-0.2, -0.15) is 0 Å². The molecule has 6 aliphatic rings.